The lowest BCUT2D eigenvalue weighted by molar-refractivity contribution is -0.384. The van der Waals surface area contributed by atoms with Gasteiger partial charge in [0.1, 0.15) is 0 Å². The van der Waals surface area contributed by atoms with Gasteiger partial charge in [-0.15, -0.1) is 0 Å². The van der Waals surface area contributed by atoms with Crippen LogP contribution in [0.4, 0.5) is 5.69 Å². The SMILES string of the molecule is CC(NC(=O)/C=C/c1cccc([N+](=O)[O-])c1)c1ccc2ccccc2c1. The van der Waals surface area contributed by atoms with Gasteiger partial charge in [0.05, 0.1) is 11.0 Å². The number of rotatable bonds is 5. The maximum absolute atomic E-state index is 12.2. The fraction of sp³-hybridized carbons (Fsp3) is 0.0952. The van der Waals surface area contributed by atoms with Crippen molar-refractivity contribution < 1.29 is 9.72 Å². The molecule has 0 fully saturated rings. The number of nitrogens with one attached hydrogen (secondary N) is 1. The van der Waals surface area contributed by atoms with Crippen LogP contribution in [0.1, 0.15) is 24.1 Å². The summed E-state index contributed by atoms with van der Waals surface area (Å²) in [5.41, 5.74) is 1.62. The molecule has 1 unspecified atom stereocenters. The molecule has 1 atom stereocenters. The van der Waals surface area contributed by atoms with E-state index in [1.165, 1.54) is 18.2 Å². The molecule has 1 N–H and O–H groups in total. The summed E-state index contributed by atoms with van der Waals surface area (Å²) < 4.78 is 0. The zero-order chi connectivity index (χ0) is 18.5. The first-order chi connectivity index (χ1) is 12.5. The number of hydrogen-bond acceptors (Lipinski definition) is 3. The van der Waals surface area contributed by atoms with Crippen molar-refractivity contribution >= 4 is 28.4 Å². The first-order valence-electron chi connectivity index (χ1n) is 8.25. The zero-order valence-electron chi connectivity index (χ0n) is 14.3. The van der Waals surface area contributed by atoms with Crippen LogP contribution in [-0.4, -0.2) is 10.8 Å². The zero-order valence-corrected chi connectivity index (χ0v) is 14.3. The van der Waals surface area contributed by atoms with Crippen LogP contribution in [0.15, 0.2) is 72.8 Å². The Hall–Kier alpha value is -3.47. The molecule has 3 rings (SSSR count). The molecule has 3 aromatic rings. The molecule has 3 aromatic carbocycles. The Bertz CT molecular complexity index is 995. The Labute approximate surface area is 151 Å². The van der Waals surface area contributed by atoms with E-state index in [-0.39, 0.29) is 17.6 Å². The van der Waals surface area contributed by atoms with Crippen molar-refractivity contribution in [3.63, 3.8) is 0 Å². The summed E-state index contributed by atoms with van der Waals surface area (Å²) in [6.45, 7) is 1.92. The van der Waals surface area contributed by atoms with E-state index >= 15 is 0 Å². The quantitative estimate of drug-likeness (QED) is 0.415. The van der Waals surface area contributed by atoms with E-state index in [4.69, 9.17) is 0 Å². The molecule has 130 valence electrons. The summed E-state index contributed by atoms with van der Waals surface area (Å²) in [7, 11) is 0. The summed E-state index contributed by atoms with van der Waals surface area (Å²) in [6, 6.07) is 20.1. The highest BCUT2D eigenvalue weighted by Gasteiger charge is 2.09. The fourth-order valence-corrected chi connectivity index (χ4v) is 2.74. The smallest absolute Gasteiger partial charge is 0.270 e. The number of benzene rings is 3. The van der Waals surface area contributed by atoms with E-state index in [1.54, 1.807) is 18.2 Å². The number of hydrogen-bond donors (Lipinski definition) is 1. The minimum atomic E-state index is -0.459. The molecule has 26 heavy (non-hydrogen) atoms. The van der Waals surface area contributed by atoms with E-state index in [0.29, 0.717) is 5.56 Å². The van der Waals surface area contributed by atoms with Crippen molar-refractivity contribution in [3.05, 3.63) is 94.0 Å². The van der Waals surface area contributed by atoms with Crippen LogP contribution in [0, 0.1) is 10.1 Å². The second-order valence-electron chi connectivity index (χ2n) is 6.02. The number of fused-ring (bicyclic) bond motifs is 1. The second-order valence-corrected chi connectivity index (χ2v) is 6.02. The average Bonchev–Trinajstić information content (AvgIpc) is 2.66. The van der Waals surface area contributed by atoms with Crippen molar-refractivity contribution in [2.24, 2.45) is 0 Å². The minimum Gasteiger partial charge on any atom is -0.346 e. The third-order valence-corrected chi connectivity index (χ3v) is 4.14. The molecule has 0 aliphatic rings. The van der Waals surface area contributed by atoms with Crippen LogP contribution in [0.5, 0.6) is 0 Å². The lowest BCUT2D eigenvalue weighted by atomic mass is 10.0. The van der Waals surface area contributed by atoms with Gasteiger partial charge in [-0.2, -0.15) is 0 Å². The topological polar surface area (TPSA) is 72.2 Å². The van der Waals surface area contributed by atoms with Crippen molar-refractivity contribution in [3.8, 4) is 0 Å². The maximum Gasteiger partial charge on any atom is 0.270 e. The highest BCUT2D eigenvalue weighted by molar-refractivity contribution is 5.92. The molecule has 0 aliphatic carbocycles. The van der Waals surface area contributed by atoms with Crippen molar-refractivity contribution in [2.45, 2.75) is 13.0 Å². The van der Waals surface area contributed by atoms with E-state index in [0.717, 1.165) is 16.3 Å². The third kappa shape index (κ3) is 4.13. The Morgan fingerprint density at radius 2 is 1.81 bits per heavy atom. The molecule has 0 saturated carbocycles. The first-order valence-corrected chi connectivity index (χ1v) is 8.25. The number of nitrogens with zero attached hydrogens (tertiary/aromatic N) is 1. The van der Waals surface area contributed by atoms with Crippen LogP contribution in [0.25, 0.3) is 16.8 Å². The molecule has 0 aliphatic heterocycles. The Balaban J connectivity index is 1.68. The second kappa shape index (κ2) is 7.61. The number of carbonyl (C=O) groups excluding carboxylic acids is 1. The summed E-state index contributed by atoms with van der Waals surface area (Å²) in [5.74, 6) is -0.253. The van der Waals surface area contributed by atoms with Gasteiger partial charge in [-0.3, -0.25) is 14.9 Å². The van der Waals surface area contributed by atoms with E-state index in [2.05, 4.69) is 11.4 Å². The highest BCUT2D eigenvalue weighted by atomic mass is 16.6. The largest absolute Gasteiger partial charge is 0.346 e. The Morgan fingerprint density at radius 1 is 1.04 bits per heavy atom. The van der Waals surface area contributed by atoms with Gasteiger partial charge in [-0.1, -0.05) is 48.5 Å². The van der Waals surface area contributed by atoms with Gasteiger partial charge in [0.2, 0.25) is 5.91 Å². The molecule has 5 heteroatoms. The summed E-state index contributed by atoms with van der Waals surface area (Å²) in [6.07, 6.45) is 2.95. The Kier molecular flexibility index (Phi) is 5.08. The van der Waals surface area contributed by atoms with Gasteiger partial charge in [0, 0.05) is 18.2 Å². The molecule has 0 spiro atoms. The number of nitro benzene ring substituents is 1. The average molecular weight is 346 g/mol. The maximum atomic E-state index is 12.2. The van der Waals surface area contributed by atoms with Crippen LogP contribution < -0.4 is 5.32 Å². The molecule has 5 nitrogen and oxygen atoms in total. The van der Waals surface area contributed by atoms with Gasteiger partial charge in [-0.05, 0) is 41.0 Å². The molecule has 0 saturated heterocycles. The fourth-order valence-electron chi connectivity index (χ4n) is 2.74. The van der Waals surface area contributed by atoms with E-state index in [1.807, 2.05) is 43.3 Å². The van der Waals surface area contributed by atoms with Crippen molar-refractivity contribution in [1.82, 2.24) is 5.32 Å². The predicted octanol–water partition coefficient (Wildman–Crippen LogP) is 4.64. The lowest BCUT2D eigenvalue weighted by Crippen LogP contribution is -2.24. The number of carbonyl (C=O) groups is 1. The normalized spacial score (nSPS) is 12.2. The highest BCUT2D eigenvalue weighted by Crippen LogP contribution is 2.20. The van der Waals surface area contributed by atoms with Gasteiger partial charge in [0.15, 0.2) is 0 Å². The molecule has 0 aromatic heterocycles. The van der Waals surface area contributed by atoms with Gasteiger partial charge in [0.25, 0.3) is 5.69 Å². The van der Waals surface area contributed by atoms with Crippen molar-refractivity contribution in [2.75, 3.05) is 0 Å². The van der Waals surface area contributed by atoms with E-state index < -0.39 is 4.92 Å². The molecule has 0 radical (unpaired) electrons. The molecular weight excluding hydrogens is 328 g/mol. The molecule has 1 amide bonds. The predicted molar refractivity (Wildman–Crippen MR) is 103 cm³/mol. The number of non-ortho nitro benzene ring substituents is 1. The van der Waals surface area contributed by atoms with Crippen LogP contribution >= 0.6 is 0 Å². The van der Waals surface area contributed by atoms with Gasteiger partial charge < -0.3 is 5.32 Å². The lowest BCUT2D eigenvalue weighted by Gasteiger charge is -2.13. The standard InChI is InChI=1S/C21H18N2O3/c1-15(18-11-10-17-6-2-3-7-19(17)14-18)22-21(24)12-9-16-5-4-8-20(13-16)23(25)26/h2-15H,1H3,(H,22,24)/b12-9+. The third-order valence-electron chi connectivity index (χ3n) is 4.14. The van der Waals surface area contributed by atoms with Gasteiger partial charge >= 0.3 is 0 Å². The summed E-state index contributed by atoms with van der Waals surface area (Å²) >= 11 is 0. The Morgan fingerprint density at radius 3 is 2.58 bits per heavy atom. The summed E-state index contributed by atoms with van der Waals surface area (Å²) in [5, 5.41) is 16.0. The molecule has 0 bridgehead atoms. The molecular formula is C21H18N2O3. The molecule has 0 heterocycles. The van der Waals surface area contributed by atoms with Crippen LogP contribution in [0.3, 0.4) is 0 Å². The van der Waals surface area contributed by atoms with Gasteiger partial charge in [-0.25, -0.2) is 0 Å². The number of nitro groups is 1. The monoisotopic (exact) mass is 346 g/mol. The minimum absolute atomic E-state index is 0.00269. The first kappa shape index (κ1) is 17.4. The van der Waals surface area contributed by atoms with Crippen LogP contribution in [0.2, 0.25) is 0 Å². The summed E-state index contributed by atoms with van der Waals surface area (Å²) in [4.78, 5) is 22.5. The number of amides is 1. The van der Waals surface area contributed by atoms with E-state index in [9.17, 15) is 14.9 Å². The van der Waals surface area contributed by atoms with Crippen LogP contribution in [-0.2, 0) is 4.79 Å². The van der Waals surface area contributed by atoms with Crippen molar-refractivity contribution in [1.29, 1.82) is 0 Å².